The molecule has 1 unspecified atom stereocenters. The number of benzene rings is 3. The Hall–Kier alpha value is -4.41. The van der Waals surface area contributed by atoms with Crippen molar-refractivity contribution in [2.45, 2.75) is 38.6 Å². The van der Waals surface area contributed by atoms with Crippen LogP contribution in [0.3, 0.4) is 0 Å². The molecule has 2 heterocycles. The number of nitrogens with zero attached hydrogens (tertiary/aromatic N) is 2. The van der Waals surface area contributed by atoms with E-state index < -0.39 is 0 Å². The van der Waals surface area contributed by atoms with Gasteiger partial charge in [0.25, 0.3) is 0 Å². The minimum atomic E-state index is -0.363. The summed E-state index contributed by atoms with van der Waals surface area (Å²) < 4.78 is 17.2. The standard InChI is InChI=1S/C35H42N4O6/c1-26(40)37-17-16-29-7-3-5-9-33(29)45-32-8-4-2-6-28(32)12-15-34(41)39-19-18-36-25-30(39)24-27-10-13-31(14-11-27)44-35(42)38-20-22-43-23-21-38/h2-11,13-14,30,36H,12,15-25H2,1H3,(H,37,40). The van der Waals surface area contributed by atoms with E-state index in [0.29, 0.717) is 77.4 Å². The number of nitrogens with one attached hydrogen (secondary N) is 2. The average Bonchev–Trinajstić information content (AvgIpc) is 3.06. The highest BCUT2D eigenvalue weighted by atomic mass is 16.6. The Bertz CT molecular complexity index is 1440. The van der Waals surface area contributed by atoms with Gasteiger partial charge in [0.05, 0.1) is 13.2 Å². The van der Waals surface area contributed by atoms with E-state index >= 15 is 0 Å². The first kappa shape index (κ1) is 32.0. The van der Waals surface area contributed by atoms with Gasteiger partial charge in [-0.1, -0.05) is 48.5 Å². The summed E-state index contributed by atoms with van der Waals surface area (Å²) in [5, 5.41) is 6.26. The number of rotatable bonds is 11. The van der Waals surface area contributed by atoms with Gasteiger partial charge >= 0.3 is 6.09 Å². The molecule has 0 radical (unpaired) electrons. The molecule has 3 aromatic rings. The van der Waals surface area contributed by atoms with E-state index in [-0.39, 0.29) is 23.9 Å². The Kier molecular flexibility index (Phi) is 11.4. The Balaban J connectivity index is 1.17. The summed E-state index contributed by atoms with van der Waals surface area (Å²) in [7, 11) is 0. The molecule has 238 valence electrons. The molecule has 2 saturated heterocycles. The molecule has 1 atom stereocenters. The molecule has 0 aromatic heterocycles. The number of carbonyl (C=O) groups excluding carboxylic acids is 3. The largest absolute Gasteiger partial charge is 0.457 e. The van der Waals surface area contributed by atoms with Gasteiger partial charge in [0.15, 0.2) is 0 Å². The number of hydrogen-bond donors (Lipinski definition) is 2. The average molecular weight is 615 g/mol. The second-order valence-electron chi connectivity index (χ2n) is 11.3. The lowest BCUT2D eigenvalue weighted by molar-refractivity contribution is -0.134. The Labute approximate surface area is 264 Å². The molecule has 2 fully saturated rings. The molecule has 10 nitrogen and oxygen atoms in total. The minimum absolute atomic E-state index is 0.0231. The predicted molar refractivity (Wildman–Crippen MR) is 171 cm³/mol. The van der Waals surface area contributed by atoms with E-state index in [2.05, 4.69) is 10.6 Å². The van der Waals surface area contributed by atoms with Crippen LogP contribution in [0.5, 0.6) is 17.2 Å². The number of piperazine rings is 1. The summed E-state index contributed by atoms with van der Waals surface area (Å²) in [5.74, 6) is 2.02. The molecule has 3 amide bonds. The van der Waals surface area contributed by atoms with Gasteiger partial charge < -0.3 is 34.6 Å². The summed E-state index contributed by atoms with van der Waals surface area (Å²) in [6, 6.07) is 23.2. The quantitative estimate of drug-likeness (QED) is 0.337. The van der Waals surface area contributed by atoms with Gasteiger partial charge in [-0.3, -0.25) is 9.59 Å². The molecule has 10 heteroatoms. The van der Waals surface area contributed by atoms with E-state index in [4.69, 9.17) is 14.2 Å². The highest BCUT2D eigenvalue weighted by Crippen LogP contribution is 2.29. The zero-order chi connectivity index (χ0) is 31.4. The molecule has 2 aliphatic heterocycles. The van der Waals surface area contributed by atoms with Gasteiger partial charge in [-0.15, -0.1) is 0 Å². The number of hydrogen-bond acceptors (Lipinski definition) is 7. The molecule has 5 rings (SSSR count). The van der Waals surface area contributed by atoms with Crippen molar-refractivity contribution in [2.75, 3.05) is 52.5 Å². The second-order valence-corrected chi connectivity index (χ2v) is 11.3. The number of aryl methyl sites for hydroxylation is 1. The first-order valence-electron chi connectivity index (χ1n) is 15.7. The fraction of sp³-hybridized carbons (Fsp3) is 0.400. The van der Waals surface area contributed by atoms with Gasteiger partial charge in [-0.05, 0) is 60.2 Å². The SMILES string of the molecule is CC(=O)NCCc1ccccc1Oc1ccccc1CCC(=O)N1CCNCC1Cc1ccc(OC(=O)N2CCOCC2)cc1. The van der Waals surface area contributed by atoms with E-state index in [0.717, 1.165) is 34.7 Å². The van der Waals surface area contributed by atoms with E-state index in [1.54, 1.807) is 4.90 Å². The molecular formula is C35H42N4O6. The van der Waals surface area contributed by atoms with Crippen LogP contribution in [0.15, 0.2) is 72.8 Å². The fourth-order valence-electron chi connectivity index (χ4n) is 5.65. The second kappa shape index (κ2) is 16.1. The van der Waals surface area contributed by atoms with Crippen LogP contribution in [0.2, 0.25) is 0 Å². The summed E-state index contributed by atoms with van der Waals surface area (Å²) >= 11 is 0. The molecule has 3 aromatic carbocycles. The third-order valence-electron chi connectivity index (χ3n) is 8.08. The predicted octanol–water partition coefficient (Wildman–Crippen LogP) is 3.96. The van der Waals surface area contributed by atoms with Crippen molar-refractivity contribution >= 4 is 17.9 Å². The Morgan fingerprint density at radius 3 is 2.24 bits per heavy atom. The molecule has 0 aliphatic carbocycles. The number of ether oxygens (including phenoxy) is 3. The van der Waals surface area contributed by atoms with Gasteiger partial charge in [0.2, 0.25) is 11.8 Å². The number of morpholine rings is 1. The van der Waals surface area contributed by atoms with Crippen LogP contribution in [0, 0.1) is 0 Å². The first-order valence-corrected chi connectivity index (χ1v) is 15.7. The minimum Gasteiger partial charge on any atom is -0.457 e. The van der Waals surface area contributed by atoms with Crippen molar-refractivity contribution < 1.29 is 28.6 Å². The fourth-order valence-corrected chi connectivity index (χ4v) is 5.65. The monoisotopic (exact) mass is 614 g/mol. The molecule has 0 spiro atoms. The number of amides is 3. The van der Waals surface area contributed by atoms with Crippen molar-refractivity contribution in [3.8, 4) is 17.2 Å². The lowest BCUT2D eigenvalue weighted by Gasteiger charge is -2.36. The van der Waals surface area contributed by atoms with E-state index in [9.17, 15) is 14.4 Å². The van der Waals surface area contributed by atoms with Gasteiger partial charge in [0.1, 0.15) is 17.2 Å². The third-order valence-corrected chi connectivity index (χ3v) is 8.08. The van der Waals surface area contributed by atoms with Crippen LogP contribution in [-0.2, 0) is 33.6 Å². The lowest BCUT2D eigenvalue weighted by atomic mass is 10.0. The maximum atomic E-state index is 13.5. The van der Waals surface area contributed by atoms with Gasteiger partial charge in [-0.2, -0.15) is 0 Å². The third kappa shape index (κ3) is 9.29. The lowest BCUT2D eigenvalue weighted by Crippen LogP contribution is -2.54. The van der Waals surface area contributed by atoms with Crippen molar-refractivity contribution in [1.82, 2.24) is 20.4 Å². The summed E-state index contributed by atoms with van der Waals surface area (Å²) in [6.45, 7) is 6.27. The smallest absolute Gasteiger partial charge is 0.415 e. The van der Waals surface area contributed by atoms with Crippen molar-refractivity contribution in [1.29, 1.82) is 0 Å². The molecular weight excluding hydrogens is 572 g/mol. The van der Waals surface area contributed by atoms with Gasteiger partial charge in [-0.25, -0.2) is 4.79 Å². The van der Waals surface area contributed by atoms with Crippen LogP contribution in [0.4, 0.5) is 4.79 Å². The van der Waals surface area contributed by atoms with Crippen LogP contribution in [0.1, 0.15) is 30.0 Å². The molecule has 2 N–H and O–H groups in total. The van der Waals surface area contributed by atoms with Crippen molar-refractivity contribution in [3.05, 3.63) is 89.5 Å². The van der Waals surface area contributed by atoms with Crippen LogP contribution >= 0.6 is 0 Å². The van der Waals surface area contributed by atoms with Gasteiger partial charge in [0, 0.05) is 58.7 Å². The summed E-state index contributed by atoms with van der Waals surface area (Å²) in [6.07, 6.45) is 1.92. The molecule has 45 heavy (non-hydrogen) atoms. The maximum Gasteiger partial charge on any atom is 0.415 e. The zero-order valence-corrected chi connectivity index (χ0v) is 25.8. The van der Waals surface area contributed by atoms with Crippen molar-refractivity contribution in [2.24, 2.45) is 0 Å². The number of para-hydroxylation sites is 2. The number of carbonyl (C=O) groups is 3. The highest BCUT2D eigenvalue weighted by Gasteiger charge is 2.27. The zero-order valence-electron chi connectivity index (χ0n) is 25.8. The van der Waals surface area contributed by atoms with Crippen LogP contribution in [0.25, 0.3) is 0 Å². The Morgan fingerprint density at radius 1 is 0.889 bits per heavy atom. The van der Waals surface area contributed by atoms with E-state index in [1.165, 1.54) is 6.92 Å². The van der Waals surface area contributed by atoms with Crippen LogP contribution in [-0.4, -0.2) is 86.2 Å². The topological polar surface area (TPSA) is 109 Å². The molecule has 0 saturated carbocycles. The molecule has 0 bridgehead atoms. The molecule has 2 aliphatic rings. The highest BCUT2D eigenvalue weighted by molar-refractivity contribution is 5.77. The van der Waals surface area contributed by atoms with E-state index in [1.807, 2.05) is 77.7 Å². The maximum absolute atomic E-state index is 13.5. The summed E-state index contributed by atoms with van der Waals surface area (Å²) in [4.78, 5) is 40.9. The summed E-state index contributed by atoms with van der Waals surface area (Å²) in [5.41, 5.74) is 3.05. The Morgan fingerprint density at radius 2 is 1.56 bits per heavy atom. The van der Waals surface area contributed by atoms with Crippen molar-refractivity contribution in [3.63, 3.8) is 0 Å². The van der Waals surface area contributed by atoms with Crippen LogP contribution < -0.4 is 20.1 Å². The normalized spacial score (nSPS) is 16.6. The first-order chi connectivity index (χ1) is 22.0.